The number of hydrogen-bond acceptors (Lipinski definition) is 4. The van der Waals surface area contributed by atoms with Crippen LogP contribution >= 0.6 is 0 Å². The molecule has 0 fully saturated rings. The largest absolute Gasteiger partial charge is 0.448 e. The minimum Gasteiger partial charge on any atom is -0.448 e. The lowest BCUT2D eigenvalue weighted by Gasteiger charge is -2.13. The SMILES string of the molecule is CCCNC(=O)C(C)OC(=O)c1cc(N)cn1C. The highest BCUT2D eigenvalue weighted by Gasteiger charge is 2.20. The molecule has 0 aromatic carbocycles. The highest BCUT2D eigenvalue weighted by Crippen LogP contribution is 2.11. The average molecular weight is 253 g/mol. The average Bonchev–Trinajstić information content (AvgIpc) is 2.65. The Balaban J connectivity index is 2.59. The number of esters is 1. The van der Waals surface area contributed by atoms with Crippen LogP contribution < -0.4 is 11.1 Å². The Morgan fingerprint density at radius 1 is 1.56 bits per heavy atom. The van der Waals surface area contributed by atoms with Crippen molar-refractivity contribution in [3.05, 3.63) is 18.0 Å². The van der Waals surface area contributed by atoms with Crippen molar-refractivity contribution in [2.45, 2.75) is 26.4 Å². The molecule has 0 radical (unpaired) electrons. The molecule has 1 aromatic heterocycles. The number of nitrogens with one attached hydrogen (secondary N) is 1. The zero-order valence-electron chi connectivity index (χ0n) is 10.9. The number of nitrogen functional groups attached to an aromatic ring is 1. The van der Waals surface area contributed by atoms with Gasteiger partial charge in [-0.3, -0.25) is 4.79 Å². The summed E-state index contributed by atoms with van der Waals surface area (Å²) < 4.78 is 6.63. The second kappa shape index (κ2) is 6.09. The molecule has 6 heteroatoms. The Hall–Kier alpha value is -1.98. The summed E-state index contributed by atoms with van der Waals surface area (Å²) in [6.45, 7) is 4.05. The molecular formula is C12H19N3O3. The highest BCUT2D eigenvalue weighted by atomic mass is 16.5. The molecule has 0 saturated heterocycles. The van der Waals surface area contributed by atoms with Gasteiger partial charge in [-0.1, -0.05) is 6.92 Å². The topological polar surface area (TPSA) is 86.3 Å². The van der Waals surface area contributed by atoms with E-state index in [4.69, 9.17) is 10.5 Å². The lowest BCUT2D eigenvalue weighted by molar-refractivity contribution is -0.129. The van der Waals surface area contributed by atoms with Crippen LogP contribution in [0.3, 0.4) is 0 Å². The first kappa shape index (κ1) is 14.1. The molecule has 1 unspecified atom stereocenters. The molecule has 18 heavy (non-hydrogen) atoms. The summed E-state index contributed by atoms with van der Waals surface area (Å²) in [5.41, 5.74) is 6.37. The van der Waals surface area contributed by atoms with Crippen LogP contribution in [0.4, 0.5) is 5.69 Å². The van der Waals surface area contributed by atoms with Crippen LogP contribution in [0.5, 0.6) is 0 Å². The zero-order valence-corrected chi connectivity index (χ0v) is 10.9. The van der Waals surface area contributed by atoms with E-state index in [1.165, 1.54) is 13.0 Å². The van der Waals surface area contributed by atoms with Gasteiger partial charge in [-0.05, 0) is 19.4 Å². The van der Waals surface area contributed by atoms with Crippen LogP contribution in [0.25, 0.3) is 0 Å². The second-order valence-electron chi connectivity index (χ2n) is 4.11. The number of amides is 1. The normalized spacial score (nSPS) is 11.9. The predicted octanol–water partition coefficient (Wildman–Crippen LogP) is 0.679. The lowest BCUT2D eigenvalue weighted by atomic mass is 10.3. The Bertz CT molecular complexity index is 440. The fraction of sp³-hybridized carbons (Fsp3) is 0.500. The first-order valence-corrected chi connectivity index (χ1v) is 5.86. The van der Waals surface area contributed by atoms with E-state index in [1.54, 1.807) is 17.8 Å². The van der Waals surface area contributed by atoms with Crippen LogP contribution in [0, 0.1) is 0 Å². The van der Waals surface area contributed by atoms with Crippen LogP contribution in [-0.4, -0.2) is 29.1 Å². The van der Waals surface area contributed by atoms with Crippen molar-refractivity contribution in [1.82, 2.24) is 9.88 Å². The van der Waals surface area contributed by atoms with Gasteiger partial charge in [-0.15, -0.1) is 0 Å². The number of aromatic nitrogens is 1. The Kier molecular flexibility index (Phi) is 4.76. The van der Waals surface area contributed by atoms with Crippen molar-refractivity contribution >= 4 is 17.6 Å². The molecule has 1 heterocycles. The maximum Gasteiger partial charge on any atom is 0.355 e. The van der Waals surface area contributed by atoms with Crippen molar-refractivity contribution in [1.29, 1.82) is 0 Å². The first-order valence-electron chi connectivity index (χ1n) is 5.86. The van der Waals surface area contributed by atoms with Crippen molar-refractivity contribution in [2.24, 2.45) is 7.05 Å². The predicted molar refractivity (Wildman–Crippen MR) is 68.0 cm³/mol. The number of carbonyl (C=O) groups excluding carboxylic acids is 2. The van der Waals surface area contributed by atoms with E-state index in [0.717, 1.165) is 6.42 Å². The van der Waals surface area contributed by atoms with Gasteiger partial charge in [0.05, 0.1) is 5.69 Å². The van der Waals surface area contributed by atoms with Crippen LogP contribution in [0.2, 0.25) is 0 Å². The molecule has 0 aliphatic heterocycles. The number of nitrogens with zero attached hydrogens (tertiary/aromatic N) is 1. The van der Waals surface area contributed by atoms with Crippen molar-refractivity contribution in [2.75, 3.05) is 12.3 Å². The Morgan fingerprint density at radius 3 is 2.72 bits per heavy atom. The number of nitrogens with two attached hydrogens (primary N) is 1. The van der Waals surface area contributed by atoms with Gasteiger partial charge in [0, 0.05) is 19.8 Å². The monoisotopic (exact) mass is 253 g/mol. The summed E-state index contributed by atoms with van der Waals surface area (Å²) in [6.07, 6.45) is 1.62. The van der Waals surface area contributed by atoms with Crippen molar-refractivity contribution < 1.29 is 14.3 Å². The molecule has 0 aliphatic carbocycles. The summed E-state index contributed by atoms with van der Waals surface area (Å²) in [7, 11) is 1.69. The molecule has 6 nitrogen and oxygen atoms in total. The number of aryl methyl sites for hydroxylation is 1. The minimum absolute atomic E-state index is 0.299. The number of carbonyl (C=O) groups is 2. The number of ether oxygens (including phenoxy) is 1. The van der Waals surface area contributed by atoms with E-state index in [0.29, 0.717) is 17.9 Å². The Labute approximate surface area is 106 Å². The fourth-order valence-corrected chi connectivity index (χ4v) is 1.46. The van der Waals surface area contributed by atoms with E-state index in [9.17, 15) is 9.59 Å². The summed E-state index contributed by atoms with van der Waals surface area (Å²) in [5, 5.41) is 2.66. The number of anilines is 1. The summed E-state index contributed by atoms with van der Waals surface area (Å²) >= 11 is 0. The van der Waals surface area contributed by atoms with Crippen molar-refractivity contribution in [3.8, 4) is 0 Å². The first-order chi connectivity index (χ1) is 8.45. The zero-order chi connectivity index (χ0) is 13.7. The van der Waals surface area contributed by atoms with Crippen LogP contribution in [-0.2, 0) is 16.6 Å². The molecule has 0 saturated carbocycles. The van der Waals surface area contributed by atoms with Gasteiger partial charge in [-0.2, -0.15) is 0 Å². The summed E-state index contributed by atoms with van der Waals surface area (Å²) in [6, 6.07) is 1.51. The number of rotatable bonds is 5. The molecule has 1 aromatic rings. The van der Waals surface area contributed by atoms with Gasteiger partial charge in [0.2, 0.25) is 0 Å². The van der Waals surface area contributed by atoms with Gasteiger partial charge < -0.3 is 20.4 Å². The summed E-state index contributed by atoms with van der Waals surface area (Å²) in [4.78, 5) is 23.3. The third kappa shape index (κ3) is 3.51. The third-order valence-corrected chi connectivity index (χ3v) is 2.44. The third-order valence-electron chi connectivity index (χ3n) is 2.44. The van der Waals surface area contributed by atoms with E-state index in [-0.39, 0.29) is 5.91 Å². The van der Waals surface area contributed by atoms with Crippen LogP contribution in [0.1, 0.15) is 30.8 Å². The van der Waals surface area contributed by atoms with E-state index < -0.39 is 12.1 Å². The maximum absolute atomic E-state index is 11.8. The van der Waals surface area contributed by atoms with Gasteiger partial charge >= 0.3 is 5.97 Å². The molecular weight excluding hydrogens is 234 g/mol. The molecule has 0 spiro atoms. The molecule has 100 valence electrons. The molecule has 0 aliphatic rings. The fourth-order valence-electron chi connectivity index (χ4n) is 1.46. The second-order valence-corrected chi connectivity index (χ2v) is 4.11. The van der Waals surface area contributed by atoms with Gasteiger partial charge in [0.1, 0.15) is 5.69 Å². The van der Waals surface area contributed by atoms with Gasteiger partial charge in [0.15, 0.2) is 6.10 Å². The lowest BCUT2D eigenvalue weighted by Crippen LogP contribution is -2.36. The maximum atomic E-state index is 11.8. The molecule has 3 N–H and O–H groups in total. The quantitative estimate of drug-likeness (QED) is 0.755. The molecule has 1 rings (SSSR count). The molecule has 0 bridgehead atoms. The van der Waals surface area contributed by atoms with Gasteiger partial charge in [-0.25, -0.2) is 4.79 Å². The standard InChI is InChI=1S/C12H19N3O3/c1-4-5-14-11(16)8(2)18-12(17)10-6-9(13)7-15(10)3/h6-8H,4-5,13H2,1-3H3,(H,14,16). The van der Waals surface area contributed by atoms with Crippen molar-refractivity contribution in [3.63, 3.8) is 0 Å². The number of hydrogen-bond donors (Lipinski definition) is 2. The highest BCUT2D eigenvalue weighted by molar-refractivity contribution is 5.91. The van der Waals surface area contributed by atoms with E-state index in [2.05, 4.69) is 5.32 Å². The van der Waals surface area contributed by atoms with E-state index >= 15 is 0 Å². The minimum atomic E-state index is -0.819. The van der Waals surface area contributed by atoms with Crippen LogP contribution in [0.15, 0.2) is 12.3 Å². The molecule has 1 amide bonds. The summed E-state index contributed by atoms with van der Waals surface area (Å²) in [5.74, 6) is -0.860. The van der Waals surface area contributed by atoms with E-state index in [1.807, 2.05) is 6.92 Å². The van der Waals surface area contributed by atoms with Gasteiger partial charge in [0.25, 0.3) is 5.91 Å². The smallest absolute Gasteiger partial charge is 0.355 e. The Morgan fingerprint density at radius 2 is 2.22 bits per heavy atom. The molecule has 1 atom stereocenters.